The average Bonchev–Trinajstić information content (AvgIpc) is 1.88. The molecule has 10 heavy (non-hydrogen) atoms. The quantitative estimate of drug-likeness (QED) is 0.593. The second-order valence-electron chi connectivity index (χ2n) is 2.24. The van der Waals surface area contributed by atoms with Gasteiger partial charge in [-0.05, 0) is 13.0 Å². The van der Waals surface area contributed by atoms with Crippen LogP contribution < -0.4 is 5.73 Å². The third-order valence-corrected chi connectivity index (χ3v) is 1.42. The molecule has 2 heteroatoms. The van der Waals surface area contributed by atoms with E-state index in [1.165, 1.54) is 6.92 Å². The van der Waals surface area contributed by atoms with Gasteiger partial charge in [0.1, 0.15) is 6.17 Å². The Morgan fingerprint density at radius 2 is 2.00 bits per heavy atom. The molecule has 0 aromatic heterocycles. The monoisotopic (exact) mass is 139 g/mol. The molecule has 0 aliphatic heterocycles. The minimum atomic E-state index is -0.971. The normalized spacial score (nSPS) is 13.0. The molecule has 0 fully saturated rings. The topological polar surface area (TPSA) is 26.0 Å². The lowest BCUT2D eigenvalue weighted by Crippen LogP contribution is -1.93. The van der Waals surface area contributed by atoms with E-state index < -0.39 is 6.17 Å². The van der Waals surface area contributed by atoms with Crippen LogP contribution in [0.2, 0.25) is 0 Å². The van der Waals surface area contributed by atoms with Crippen molar-refractivity contribution in [3.63, 3.8) is 0 Å². The third-order valence-electron chi connectivity index (χ3n) is 1.42. The molecule has 1 atom stereocenters. The molecule has 1 aromatic carbocycles. The predicted octanol–water partition coefficient (Wildman–Crippen LogP) is 2.30. The Bertz CT molecular complexity index is 220. The molecular formula is C8H10FN. The Kier molecular flexibility index (Phi) is 1.90. The first-order valence-corrected chi connectivity index (χ1v) is 3.20. The maximum atomic E-state index is 12.6. The van der Waals surface area contributed by atoms with Crippen LogP contribution in [0, 0.1) is 0 Å². The van der Waals surface area contributed by atoms with E-state index in [4.69, 9.17) is 5.73 Å². The van der Waals surface area contributed by atoms with Gasteiger partial charge < -0.3 is 5.73 Å². The molecule has 0 heterocycles. The van der Waals surface area contributed by atoms with Crippen molar-refractivity contribution in [2.24, 2.45) is 0 Å². The summed E-state index contributed by atoms with van der Waals surface area (Å²) in [6, 6.07) is 6.97. The molecule has 54 valence electrons. The van der Waals surface area contributed by atoms with Gasteiger partial charge in [-0.1, -0.05) is 18.2 Å². The summed E-state index contributed by atoms with van der Waals surface area (Å²) in [5, 5.41) is 0. The van der Waals surface area contributed by atoms with Gasteiger partial charge in [-0.15, -0.1) is 0 Å². The zero-order valence-corrected chi connectivity index (χ0v) is 5.84. The Hall–Kier alpha value is -1.05. The first kappa shape index (κ1) is 7.06. The number of hydrogen-bond donors (Lipinski definition) is 1. The van der Waals surface area contributed by atoms with Crippen LogP contribution in [0.25, 0.3) is 0 Å². The molecule has 0 aliphatic carbocycles. The molecule has 0 saturated heterocycles. The fourth-order valence-electron chi connectivity index (χ4n) is 0.873. The second kappa shape index (κ2) is 2.69. The van der Waals surface area contributed by atoms with Gasteiger partial charge in [0.2, 0.25) is 0 Å². The standard InChI is InChI=1S/C8H10FN/c1-6(9)7-4-2-3-5-8(7)10/h2-6H,10H2,1H3. The zero-order chi connectivity index (χ0) is 7.56. The van der Waals surface area contributed by atoms with Gasteiger partial charge in [0.05, 0.1) is 0 Å². The lowest BCUT2D eigenvalue weighted by Gasteiger charge is -2.04. The molecule has 1 nitrogen and oxygen atoms in total. The van der Waals surface area contributed by atoms with E-state index in [9.17, 15) is 4.39 Å². The summed E-state index contributed by atoms with van der Waals surface area (Å²) in [5.74, 6) is 0. The maximum Gasteiger partial charge on any atom is 0.124 e. The molecule has 0 spiro atoms. The first-order valence-electron chi connectivity index (χ1n) is 3.20. The molecule has 0 amide bonds. The van der Waals surface area contributed by atoms with Crippen molar-refractivity contribution < 1.29 is 4.39 Å². The van der Waals surface area contributed by atoms with Gasteiger partial charge in [0, 0.05) is 11.3 Å². The second-order valence-corrected chi connectivity index (χ2v) is 2.24. The van der Waals surface area contributed by atoms with E-state index in [1.807, 2.05) is 0 Å². The summed E-state index contributed by atoms with van der Waals surface area (Å²) in [4.78, 5) is 0. The molecule has 0 radical (unpaired) electrons. The van der Waals surface area contributed by atoms with Crippen molar-refractivity contribution in [1.82, 2.24) is 0 Å². The Morgan fingerprint density at radius 3 is 2.40 bits per heavy atom. The number of alkyl halides is 1. The summed E-state index contributed by atoms with van der Waals surface area (Å²) in [5.41, 5.74) is 6.58. The number of hydrogen-bond acceptors (Lipinski definition) is 1. The number of nitrogen functional groups attached to an aromatic ring is 1. The van der Waals surface area contributed by atoms with Crippen LogP contribution in [0.4, 0.5) is 10.1 Å². The van der Waals surface area contributed by atoms with Crippen molar-refractivity contribution >= 4 is 5.69 Å². The highest BCUT2D eigenvalue weighted by atomic mass is 19.1. The highest BCUT2D eigenvalue weighted by Crippen LogP contribution is 2.21. The van der Waals surface area contributed by atoms with Crippen LogP contribution in [0.5, 0.6) is 0 Å². The van der Waals surface area contributed by atoms with E-state index in [1.54, 1.807) is 24.3 Å². The van der Waals surface area contributed by atoms with Gasteiger partial charge in [0.15, 0.2) is 0 Å². The Balaban J connectivity index is 3.03. The van der Waals surface area contributed by atoms with E-state index in [-0.39, 0.29) is 0 Å². The summed E-state index contributed by atoms with van der Waals surface area (Å²) >= 11 is 0. The molecule has 1 unspecified atom stereocenters. The number of para-hydroxylation sites is 1. The highest BCUT2D eigenvalue weighted by molar-refractivity contribution is 5.47. The van der Waals surface area contributed by atoms with Crippen LogP contribution in [0.3, 0.4) is 0 Å². The minimum Gasteiger partial charge on any atom is -0.398 e. The Labute approximate surface area is 59.7 Å². The lowest BCUT2D eigenvalue weighted by atomic mass is 10.1. The van der Waals surface area contributed by atoms with E-state index >= 15 is 0 Å². The van der Waals surface area contributed by atoms with Crippen molar-refractivity contribution in [1.29, 1.82) is 0 Å². The lowest BCUT2D eigenvalue weighted by molar-refractivity contribution is 0.375. The summed E-state index contributed by atoms with van der Waals surface area (Å²) in [6.07, 6.45) is -0.971. The molecule has 0 bridgehead atoms. The smallest absolute Gasteiger partial charge is 0.124 e. The zero-order valence-electron chi connectivity index (χ0n) is 5.84. The van der Waals surface area contributed by atoms with Crippen LogP contribution >= 0.6 is 0 Å². The van der Waals surface area contributed by atoms with E-state index in [0.29, 0.717) is 11.3 Å². The summed E-state index contributed by atoms with van der Waals surface area (Å²) < 4.78 is 12.6. The molecule has 0 aliphatic rings. The fourth-order valence-corrected chi connectivity index (χ4v) is 0.873. The van der Waals surface area contributed by atoms with Gasteiger partial charge in [0.25, 0.3) is 0 Å². The van der Waals surface area contributed by atoms with Gasteiger partial charge in [-0.3, -0.25) is 0 Å². The summed E-state index contributed by atoms with van der Waals surface area (Å²) in [6.45, 7) is 1.48. The van der Waals surface area contributed by atoms with Crippen molar-refractivity contribution in [2.75, 3.05) is 5.73 Å². The van der Waals surface area contributed by atoms with Gasteiger partial charge in [-0.2, -0.15) is 0 Å². The minimum absolute atomic E-state index is 0.525. The van der Waals surface area contributed by atoms with Crippen molar-refractivity contribution in [3.8, 4) is 0 Å². The average molecular weight is 139 g/mol. The molecule has 1 aromatic rings. The van der Waals surface area contributed by atoms with E-state index in [0.717, 1.165) is 0 Å². The SMILES string of the molecule is CC(F)c1ccccc1N. The fraction of sp³-hybridized carbons (Fsp3) is 0.250. The van der Waals surface area contributed by atoms with Crippen molar-refractivity contribution in [3.05, 3.63) is 29.8 Å². The van der Waals surface area contributed by atoms with Gasteiger partial charge >= 0.3 is 0 Å². The molecule has 0 saturated carbocycles. The van der Waals surface area contributed by atoms with Crippen LogP contribution in [-0.4, -0.2) is 0 Å². The van der Waals surface area contributed by atoms with Crippen LogP contribution in [-0.2, 0) is 0 Å². The highest BCUT2D eigenvalue weighted by Gasteiger charge is 2.04. The number of anilines is 1. The number of halogens is 1. The molecule has 1 rings (SSSR count). The Morgan fingerprint density at radius 1 is 1.40 bits per heavy atom. The van der Waals surface area contributed by atoms with Crippen LogP contribution in [0.15, 0.2) is 24.3 Å². The maximum absolute atomic E-state index is 12.6. The molecular weight excluding hydrogens is 129 g/mol. The predicted molar refractivity (Wildman–Crippen MR) is 40.4 cm³/mol. The number of rotatable bonds is 1. The van der Waals surface area contributed by atoms with Gasteiger partial charge in [-0.25, -0.2) is 4.39 Å². The largest absolute Gasteiger partial charge is 0.398 e. The van der Waals surface area contributed by atoms with Crippen molar-refractivity contribution in [2.45, 2.75) is 13.1 Å². The summed E-state index contributed by atoms with van der Waals surface area (Å²) in [7, 11) is 0. The third kappa shape index (κ3) is 1.26. The van der Waals surface area contributed by atoms with E-state index in [2.05, 4.69) is 0 Å². The number of nitrogens with two attached hydrogens (primary N) is 1. The first-order chi connectivity index (χ1) is 4.72. The molecule has 2 N–H and O–H groups in total. The van der Waals surface area contributed by atoms with Crippen LogP contribution in [0.1, 0.15) is 18.7 Å². The number of benzene rings is 1.